The summed E-state index contributed by atoms with van der Waals surface area (Å²) in [4.78, 5) is 6.74. The first-order valence-corrected chi connectivity index (χ1v) is 9.11. The molecule has 0 N–H and O–H groups in total. The number of nitrogens with zero attached hydrogens (tertiary/aromatic N) is 3. The minimum absolute atomic E-state index is 0.271. The van der Waals surface area contributed by atoms with Gasteiger partial charge in [-0.1, -0.05) is 6.07 Å². The molecule has 0 aliphatic carbocycles. The zero-order chi connectivity index (χ0) is 18.5. The summed E-state index contributed by atoms with van der Waals surface area (Å²) in [5.41, 5.74) is 0.913. The molecule has 5 nitrogen and oxygen atoms in total. The average Bonchev–Trinajstić information content (AvgIpc) is 3.10. The molecular formula is C19H25BFN3O2. The van der Waals surface area contributed by atoms with Crippen molar-refractivity contribution in [2.45, 2.75) is 58.5 Å². The lowest BCUT2D eigenvalue weighted by atomic mass is 9.75. The first kappa shape index (κ1) is 17.7. The number of hydrogen-bond acceptors (Lipinski definition) is 4. The number of halogens is 1. The van der Waals surface area contributed by atoms with Crippen LogP contribution in [-0.4, -0.2) is 39.3 Å². The van der Waals surface area contributed by atoms with Gasteiger partial charge in [-0.2, -0.15) is 0 Å². The van der Waals surface area contributed by atoms with Gasteiger partial charge in [-0.3, -0.25) is 4.90 Å². The molecule has 2 aromatic rings. The third-order valence-corrected chi connectivity index (χ3v) is 5.83. The number of fused-ring (bicyclic) bond motifs is 1. The van der Waals surface area contributed by atoms with E-state index in [0.717, 1.165) is 36.5 Å². The van der Waals surface area contributed by atoms with Gasteiger partial charge in [0.15, 0.2) is 0 Å². The molecule has 2 aliphatic rings. The van der Waals surface area contributed by atoms with Crippen LogP contribution in [0.15, 0.2) is 30.6 Å². The van der Waals surface area contributed by atoms with Crippen molar-refractivity contribution in [2.24, 2.45) is 0 Å². The van der Waals surface area contributed by atoms with Crippen molar-refractivity contribution in [1.82, 2.24) is 14.5 Å². The molecule has 0 atom stereocenters. The molecule has 0 saturated carbocycles. The Labute approximate surface area is 154 Å². The predicted molar refractivity (Wildman–Crippen MR) is 98.5 cm³/mol. The molecule has 0 unspecified atom stereocenters. The van der Waals surface area contributed by atoms with Crippen molar-refractivity contribution in [3.63, 3.8) is 0 Å². The molecule has 1 saturated heterocycles. The molecule has 1 aromatic carbocycles. The number of aromatic nitrogens is 2. The second-order valence-corrected chi connectivity index (χ2v) is 8.18. The van der Waals surface area contributed by atoms with E-state index in [0.29, 0.717) is 6.54 Å². The van der Waals surface area contributed by atoms with E-state index in [2.05, 4.69) is 14.5 Å². The Morgan fingerprint density at radius 1 is 1.15 bits per heavy atom. The lowest BCUT2D eigenvalue weighted by molar-refractivity contribution is 0.00578. The minimum atomic E-state index is -0.558. The van der Waals surface area contributed by atoms with E-state index < -0.39 is 18.3 Å². The monoisotopic (exact) mass is 357 g/mol. The molecule has 4 rings (SSSR count). The third kappa shape index (κ3) is 3.08. The molecule has 0 bridgehead atoms. The Hall–Kier alpha value is -1.70. The minimum Gasteiger partial charge on any atom is -0.399 e. The molecular weight excluding hydrogens is 332 g/mol. The molecule has 7 heteroatoms. The second kappa shape index (κ2) is 6.18. The van der Waals surface area contributed by atoms with E-state index in [1.54, 1.807) is 6.07 Å². The van der Waals surface area contributed by atoms with E-state index >= 15 is 0 Å². The normalized spacial score (nSPS) is 21.8. The highest BCUT2D eigenvalue weighted by atomic mass is 19.1. The molecule has 0 radical (unpaired) electrons. The van der Waals surface area contributed by atoms with E-state index in [4.69, 9.17) is 9.31 Å². The standard InChI is InChI=1S/C19H25BFN3O2/c1-18(2)19(3,4)26-20(25-18)16-11-15(21)6-5-14(16)12-23-9-10-24-8-7-22-17(24)13-23/h5-8,11H,9-10,12-13H2,1-4H3. The average molecular weight is 357 g/mol. The summed E-state index contributed by atoms with van der Waals surface area (Å²) in [6.45, 7) is 11.4. The van der Waals surface area contributed by atoms with E-state index in [-0.39, 0.29) is 5.82 Å². The topological polar surface area (TPSA) is 39.5 Å². The van der Waals surface area contributed by atoms with Gasteiger partial charge in [0.05, 0.1) is 17.7 Å². The maximum Gasteiger partial charge on any atom is 0.495 e. The van der Waals surface area contributed by atoms with Gasteiger partial charge < -0.3 is 13.9 Å². The summed E-state index contributed by atoms with van der Waals surface area (Å²) >= 11 is 0. The second-order valence-electron chi connectivity index (χ2n) is 8.18. The van der Waals surface area contributed by atoms with Crippen molar-refractivity contribution in [2.75, 3.05) is 6.54 Å². The molecule has 0 amide bonds. The van der Waals surface area contributed by atoms with Gasteiger partial charge >= 0.3 is 7.12 Å². The van der Waals surface area contributed by atoms with Crippen molar-refractivity contribution in [1.29, 1.82) is 0 Å². The van der Waals surface area contributed by atoms with Crippen molar-refractivity contribution in [3.05, 3.63) is 47.8 Å². The zero-order valence-corrected chi connectivity index (χ0v) is 15.8. The Bertz CT molecular complexity index is 805. The van der Waals surface area contributed by atoms with E-state index in [1.807, 2.05) is 46.2 Å². The van der Waals surface area contributed by atoms with Crippen LogP contribution in [0.25, 0.3) is 0 Å². The van der Waals surface area contributed by atoms with Crippen molar-refractivity contribution < 1.29 is 13.7 Å². The zero-order valence-electron chi connectivity index (χ0n) is 15.8. The van der Waals surface area contributed by atoms with Crippen LogP contribution in [0.3, 0.4) is 0 Å². The molecule has 138 valence electrons. The van der Waals surface area contributed by atoms with Gasteiger partial charge in [-0.25, -0.2) is 9.37 Å². The van der Waals surface area contributed by atoms with Crippen LogP contribution in [0.2, 0.25) is 0 Å². The van der Waals surface area contributed by atoms with Crippen molar-refractivity contribution >= 4 is 12.6 Å². The number of imidazole rings is 1. The first-order valence-electron chi connectivity index (χ1n) is 9.11. The van der Waals surface area contributed by atoms with E-state index in [1.165, 1.54) is 6.07 Å². The summed E-state index contributed by atoms with van der Waals surface area (Å²) in [6, 6.07) is 4.90. The highest BCUT2D eigenvalue weighted by molar-refractivity contribution is 6.62. The van der Waals surface area contributed by atoms with E-state index in [9.17, 15) is 4.39 Å². The molecule has 0 spiro atoms. The Balaban J connectivity index is 1.58. The summed E-state index contributed by atoms with van der Waals surface area (Å²) < 4.78 is 28.5. The van der Waals surface area contributed by atoms with Crippen LogP contribution in [0.4, 0.5) is 4.39 Å². The first-order chi connectivity index (χ1) is 12.2. The molecule has 26 heavy (non-hydrogen) atoms. The fourth-order valence-corrected chi connectivity index (χ4v) is 3.50. The SMILES string of the molecule is CC1(C)OB(c2cc(F)ccc2CN2CCn3ccnc3C2)OC1(C)C. The number of rotatable bonds is 3. The van der Waals surface area contributed by atoms with Gasteiger partial charge in [-0.05, 0) is 50.9 Å². The summed E-state index contributed by atoms with van der Waals surface area (Å²) in [5.74, 6) is 0.795. The van der Waals surface area contributed by atoms with Crippen LogP contribution in [-0.2, 0) is 28.9 Å². The number of hydrogen-bond donors (Lipinski definition) is 0. The van der Waals surface area contributed by atoms with Crippen LogP contribution >= 0.6 is 0 Å². The summed E-state index contributed by atoms with van der Waals surface area (Å²) in [7, 11) is -0.558. The maximum absolute atomic E-state index is 14.0. The maximum atomic E-state index is 14.0. The van der Waals surface area contributed by atoms with Crippen LogP contribution in [0, 0.1) is 5.82 Å². The van der Waals surface area contributed by atoms with Crippen LogP contribution in [0.1, 0.15) is 39.1 Å². The summed E-state index contributed by atoms with van der Waals surface area (Å²) in [5, 5.41) is 0. The molecule has 1 fully saturated rings. The van der Waals surface area contributed by atoms with Gasteiger partial charge in [0, 0.05) is 32.0 Å². The highest BCUT2D eigenvalue weighted by Crippen LogP contribution is 2.36. The fraction of sp³-hybridized carbons (Fsp3) is 0.526. The smallest absolute Gasteiger partial charge is 0.399 e. The molecule has 3 heterocycles. The molecule has 1 aromatic heterocycles. The quantitative estimate of drug-likeness (QED) is 0.791. The summed E-state index contributed by atoms with van der Waals surface area (Å²) in [6.07, 6.45) is 3.85. The van der Waals surface area contributed by atoms with Crippen LogP contribution in [0.5, 0.6) is 0 Å². The van der Waals surface area contributed by atoms with Crippen molar-refractivity contribution in [3.8, 4) is 0 Å². The lowest BCUT2D eigenvalue weighted by Crippen LogP contribution is -2.41. The van der Waals surface area contributed by atoms with Gasteiger partial charge in [-0.15, -0.1) is 0 Å². The lowest BCUT2D eigenvalue weighted by Gasteiger charge is -2.32. The van der Waals surface area contributed by atoms with Gasteiger partial charge in [0.1, 0.15) is 11.6 Å². The van der Waals surface area contributed by atoms with Gasteiger partial charge in [0.25, 0.3) is 0 Å². The Morgan fingerprint density at radius 2 is 1.88 bits per heavy atom. The highest BCUT2D eigenvalue weighted by Gasteiger charge is 2.52. The fourth-order valence-electron chi connectivity index (χ4n) is 3.50. The van der Waals surface area contributed by atoms with Crippen LogP contribution < -0.4 is 5.46 Å². The molecule has 2 aliphatic heterocycles. The third-order valence-electron chi connectivity index (χ3n) is 5.83. The van der Waals surface area contributed by atoms with Gasteiger partial charge in [0.2, 0.25) is 0 Å². The number of benzene rings is 1. The Kier molecular flexibility index (Phi) is 4.21. The largest absolute Gasteiger partial charge is 0.495 e. The predicted octanol–water partition coefficient (Wildman–Crippen LogP) is 2.34. The Morgan fingerprint density at radius 3 is 2.62 bits per heavy atom.